The zero-order valence-corrected chi connectivity index (χ0v) is 23.7. The molecule has 0 radical (unpaired) electrons. The Bertz CT molecular complexity index is 895. The Hall–Kier alpha value is -1.43. The average Bonchev–Trinajstić information content (AvgIpc) is 3.57. The summed E-state index contributed by atoms with van der Waals surface area (Å²) in [5.41, 5.74) is 2.81. The molecule has 0 spiro atoms. The second kappa shape index (κ2) is 16.3. The van der Waals surface area contributed by atoms with Crippen LogP contribution in [0.2, 0.25) is 0 Å². The van der Waals surface area contributed by atoms with Gasteiger partial charge in [-0.3, -0.25) is 0 Å². The quantitative estimate of drug-likeness (QED) is 0.200. The molecule has 0 heterocycles. The summed E-state index contributed by atoms with van der Waals surface area (Å²) in [5.74, 6) is 0.317. The van der Waals surface area contributed by atoms with E-state index in [0.717, 1.165) is 12.0 Å². The zero-order chi connectivity index (χ0) is 22.2. The molecule has 2 aliphatic rings. The molecule has 0 aliphatic heterocycles. The van der Waals surface area contributed by atoms with E-state index in [1.54, 1.807) is 0 Å². The number of aryl methyl sites for hydroxylation is 1. The van der Waals surface area contributed by atoms with Crippen molar-refractivity contribution in [1.82, 2.24) is 0 Å². The molecule has 2 aliphatic carbocycles. The maximum atomic E-state index is 11.3. The van der Waals surface area contributed by atoms with Crippen LogP contribution in [0.25, 0.3) is 0 Å². The molecule has 2 fully saturated rings. The first-order valence-corrected chi connectivity index (χ1v) is 13.8. The van der Waals surface area contributed by atoms with Gasteiger partial charge in [0.25, 0.3) is 0 Å². The third kappa shape index (κ3) is 8.30. The average molecular weight is 531 g/mol. The number of aliphatic hydroxyl groups is 1. The van der Waals surface area contributed by atoms with Crippen LogP contribution in [0.3, 0.4) is 0 Å². The van der Waals surface area contributed by atoms with Gasteiger partial charge in [-0.15, -0.1) is 0 Å². The first-order chi connectivity index (χ1) is 15.8. The van der Waals surface area contributed by atoms with Gasteiger partial charge in [-0.2, -0.15) is 0 Å². The van der Waals surface area contributed by atoms with Gasteiger partial charge in [-0.25, -0.2) is 0 Å². The van der Waals surface area contributed by atoms with Crippen LogP contribution in [0.1, 0.15) is 68.6 Å². The fraction of sp³-hybridized carbons (Fsp3) is 0.375. The molecule has 3 atom stereocenters. The molecule has 5 rings (SSSR count). The summed E-state index contributed by atoms with van der Waals surface area (Å²) in [4.78, 5) is 0. The fourth-order valence-electron chi connectivity index (χ4n) is 5.40. The number of hydrogen-bond acceptors (Lipinski definition) is 1. The van der Waals surface area contributed by atoms with E-state index in [2.05, 4.69) is 85.8 Å². The SMILES string of the molecule is C1CCCC1.Cc1ccccc1[C@H](O)C1CCCC1P(c1ccccc1)c1ccccc1.[CH3-].[CH3-].[Fe+2]. The summed E-state index contributed by atoms with van der Waals surface area (Å²) >= 11 is 0. The van der Waals surface area contributed by atoms with E-state index in [1.807, 2.05) is 6.07 Å². The van der Waals surface area contributed by atoms with Crippen molar-refractivity contribution in [1.29, 1.82) is 0 Å². The molecule has 2 saturated carbocycles. The van der Waals surface area contributed by atoms with E-state index in [9.17, 15) is 5.11 Å². The Kier molecular flexibility index (Phi) is 14.8. The van der Waals surface area contributed by atoms with Crippen LogP contribution in [0.4, 0.5) is 0 Å². The molecular weight excluding hydrogens is 487 g/mol. The molecule has 3 heteroatoms. The van der Waals surface area contributed by atoms with Gasteiger partial charge < -0.3 is 20.0 Å². The van der Waals surface area contributed by atoms with E-state index in [0.29, 0.717) is 11.6 Å². The minimum Gasteiger partial charge on any atom is -0.388 e. The summed E-state index contributed by atoms with van der Waals surface area (Å²) in [5, 5.41) is 14.2. The maximum absolute atomic E-state index is 11.3. The van der Waals surface area contributed by atoms with Crippen molar-refractivity contribution in [2.24, 2.45) is 5.92 Å². The largest absolute Gasteiger partial charge is 2.00 e. The van der Waals surface area contributed by atoms with Crippen LogP contribution in [0.5, 0.6) is 0 Å². The van der Waals surface area contributed by atoms with Crippen molar-refractivity contribution in [3.63, 3.8) is 0 Å². The summed E-state index contributed by atoms with van der Waals surface area (Å²) in [7, 11) is -0.484. The van der Waals surface area contributed by atoms with E-state index < -0.39 is 7.92 Å². The normalized spacial score (nSPS) is 19.4. The van der Waals surface area contributed by atoms with E-state index >= 15 is 0 Å². The van der Waals surface area contributed by atoms with Gasteiger partial charge in [0, 0.05) is 0 Å². The topological polar surface area (TPSA) is 20.2 Å². The monoisotopic (exact) mass is 530 g/mol. The number of benzene rings is 3. The Balaban J connectivity index is 0.000000685. The summed E-state index contributed by atoms with van der Waals surface area (Å²) in [6.07, 6.45) is 10.6. The molecule has 0 aromatic heterocycles. The first kappa shape index (κ1) is 31.6. The van der Waals surface area contributed by atoms with Crippen molar-refractivity contribution < 1.29 is 22.2 Å². The predicted molar refractivity (Wildman–Crippen MR) is 152 cm³/mol. The van der Waals surface area contributed by atoms with Crippen molar-refractivity contribution >= 4 is 18.5 Å². The molecule has 190 valence electrons. The van der Waals surface area contributed by atoms with Crippen LogP contribution >= 0.6 is 7.92 Å². The standard InChI is InChI=1S/C25H27OP.C5H10.2CH3.Fe/c1-19-11-8-9-16-22(19)25(26)23-17-10-18-24(23)27(20-12-4-2-5-13-20)21-14-6-3-7-15-21;1-2-4-5-3-1;;;/h2-9,11-16,23-26H,10,17-18H2,1H3;1-5H2;2*1H3;/q;;2*-1;+2/t23?,24?,25-;;;;/m0..../s1. The molecule has 0 amide bonds. The van der Waals surface area contributed by atoms with Crippen molar-refractivity contribution in [2.45, 2.75) is 70.1 Å². The summed E-state index contributed by atoms with van der Waals surface area (Å²) < 4.78 is 0. The van der Waals surface area contributed by atoms with Gasteiger partial charge in [-0.05, 0) is 61.0 Å². The molecule has 35 heavy (non-hydrogen) atoms. The van der Waals surface area contributed by atoms with Crippen molar-refractivity contribution in [2.75, 3.05) is 0 Å². The van der Waals surface area contributed by atoms with Gasteiger partial charge in [0.05, 0.1) is 6.10 Å². The van der Waals surface area contributed by atoms with Crippen molar-refractivity contribution in [3.05, 3.63) is 111 Å². The van der Waals surface area contributed by atoms with Gasteiger partial charge in [0.1, 0.15) is 0 Å². The fourth-order valence-corrected chi connectivity index (χ4v) is 8.59. The number of aliphatic hydroxyl groups excluding tert-OH is 1. The van der Waals surface area contributed by atoms with Gasteiger partial charge in [0.2, 0.25) is 0 Å². The van der Waals surface area contributed by atoms with Gasteiger partial charge >= 0.3 is 17.1 Å². The van der Waals surface area contributed by atoms with Crippen LogP contribution in [-0.2, 0) is 17.1 Å². The maximum Gasteiger partial charge on any atom is 2.00 e. The molecule has 0 bridgehead atoms. The van der Waals surface area contributed by atoms with Crippen LogP contribution in [-0.4, -0.2) is 10.8 Å². The predicted octanol–water partition coefficient (Wildman–Crippen LogP) is 8.18. The number of hydrogen-bond donors (Lipinski definition) is 1. The minimum absolute atomic E-state index is 0. The summed E-state index contributed by atoms with van der Waals surface area (Å²) in [6.45, 7) is 2.11. The Morgan fingerprint density at radius 2 is 1.11 bits per heavy atom. The second-order valence-electron chi connectivity index (χ2n) is 9.27. The van der Waals surface area contributed by atoms with Crippen LogP contribution in [0, 0.1) is 27.7 Å². The third-order valence-corrected chi connectivity index (χ3v) is 10.1. The Morgan fingerprint density at radius 1 is 0.657 bits per heavy atom. The van der Waals surface area contributed by atoms with Gasteiger partial charge in [0.15, 0.2) is 0 Å². The van der Waals surface area contributed by atoms with Crippen LogP contribution < -0.4 is 10.6 Å². The smallest absolute Gasteiger partial charge is 0.388 e. The minimum atomic E-state index is -0.484. The van der Waals surface area contributed by atoms with E-state index in [4.69, 9.17) is 0 Å². The Morgan fingerprint density at radius 3 is 1.60 bits per heavy atom. The van der Waals surface area contributed by atoms with E-state index in [-0.39, 0.29) is 38.0 Å². The molecule has 3 aromatic rings. The Labute approximate surface area is 227 Å². The molecule has 2 unspecified atom stereocenters. The summed E-state index contributed by atoms with van der Waals surface area (Å²) in [6, 6.07) is 30.2. The van der Waals surface area contributed by atoms with E-state index in [1.165, 1.54) is 61.1 Å². The van der Waals surface area contributed by atoms with Gasteiger partial charge in [-0.1, -0.05) is 123 Å². The van der Waals surface area contributed by atoms with Crippen molar-refractivity contribution in [3.8, 4) is 0 Å². The number of rotatable bonds is 5. The molecule has 0 saturated heterocycles. The second-order valence-corrected chi connectivity index (χ2v) is 11.7. The molecule has 1 N–H and O–H groups in total. The molecular formula is C32H43FeOP. The zero-order valence-electron chi connectivity index (χ0n) is 21.7. The molecule has 1 nitrogen and oxygen atoms in total. The van der Waals surface area contributed by atoms with Crippen LogP contribution in [0.15, 0.2) is 84.9 Å². The molecule has 3 aromatic carbocycles. The first-order valence-electron chi connectivity index (χ1n) is 12.4. The third-order valence-electron chi connectivity index (χ3n) is 7.09.